The number of carbonyl (C=O) groups excluding carboxylic acids is 4. The van der Waals surface area contributed by atoms with E-state index in [4.69, 9.17) is 19.5 Å². The number of aliphatic hydroxyl groups excluding tert-OH is 2. The minimum absolute atomic E-state index is 0.0241. The molecule has 2 aromatic heterocycles. The van der Waals surface area contributed by atoms with Gasteiger partial charge < -0.3 is 50.9 Å². The van der Waals surface area contributed by atoms with E-state index in [1.807, 2.05) is 0 Å². The van der Waals surface area contributed by atoms with Crippen LogP contribution in [0.25, 0.3) is 11.2 Å². The Morgan fingerprint density at radius 1 is 0.900 bits per heavy atom. The molecular formula is C41H66N7O18P3S. The van der Waals surface area contributed by atoms with Crippen molar-refractivity contribution in [2.45, 2.75) is 128 Å². The number of unbranched alkanes of at least 4 members (excludes halogenated alkanes) is 5. The van der Waals surface area contributed by atoms with Crippen molar-refractivity contribution in [2.75, 3.05) is 37.8 Å². The molecule has 7 atom stereocenters. The Morgan fingerprint density at radius 2 is 1.54 bits per heavy atom. The lowest BCUT2D eigenvalue weighted by molar-refractivity contribution is -0.137. The number of nitrogens with one attached hydrogen (secondary N) is 2. The third kappa shape index (κ3) is 22.5. The molecule has 10 N–H and O–H groups in total. The Kier molecular flexibility index (Phi) is 25.9. The van der Waals surface area contributed by atoms with E-state index in [0.717, 1.165) is 61.1 Å². The van der Waals surface area contributed by atoms with Gasteiger partial charge >= 0.3 is 23.5 Å². The standard InChI is InChI=1S/C41H66N7O18P3S/c1-4-5-6-7-8-9-10-11-12-13-14-15-16-17-18-19-29(49)24-32(51)70-23-22-43-31(50)20-21-44-39(54)36(53)41(2,3)26-63-69(60,61)66-68(58,59)62-25-30-35(65-67(55,56)57)34(52)40(64-30)48-28-47-33-37(42)45-27-46-38(33)48/h8-9,11-12,14-15,27-28,30,34-36,40,52-53H,4-7,10,13,16-26H2,1-3H3,(H,43,50)(H,44,54)(H,58,59)(H,60,61)(H2,42,45,46)(H2,55,56,57)/b9-8-,12-11-,15-14-/t30-,34-,35-,36+,40-/m1/s1. The molecule has 0 aliphatic carbocycles. The van der Waals surface area contributed by atoms with Crippen LogP contribution in [0.15, 0.2) is 49.1 Å². The molecule has 0 bridgehead atoms. The summed E-state index contributed by atoms with van der Waals surface area (Å²) in [4.78, 5) is 101. The largest absolute Gasteiger partial charge is 0.481 e. The molecule has 25 nitrogen and oxygen atoms in total. The average Bonchev–Trinajstić information content (AvgIpc) is 3.84. The molecule has 0 spiro atoms. The predicted molar refractivity (Wildman–Crippen MR) is 256 cm³/mol. The van der Waals surface area contributed by atoms with Crippen LogP contribution in [-0.4, -0.2) is 128 Å². The summed E-state index contributed by atoms with van der Waals surface area (Å²) in [5.41, 5.74) is 4.24. The Labute approximate surface area is 409 Å². The normalized spacial score (nSPS) is 20.0. The minimum Gasteiger partial charge on any atom is -0.386 e. The molecule has 1 saturated heterocycles. The number of carbonyl (C=O) groups is 4. The summed E-state index contributed by atoms with van der Waals surface area (Å²) in [5, 5.41) is 26.2. The molecule has 2 unspecified atom stereocenters. The smallest absolute Gasteiger partial charge is 0.386 e. The maximum Gasteiger partial charge on any atom is 0.481 e. The number of imidazole rings is 1. The lowest BCUT2D eigenvalue weighted by Gasteiger charge is -2.30. The summed E-state index contributed by atoms with van der Waals surface area (Å²) < 4.78 is 62.4. The van der Waals surface area contributed by atoms with Crippen molar-refractivity contribution in [3.63, 3.8) is 0 Å². The van der Waals surface area contributed by atoms with E-state index >= 15 is 0 Å². The minimum atomic E-state index is -5.59. The quantitative estimate of drug-likeness (QED) is 0.0205. The van der Waals surface area contributed by atoms with Gasteiger partial charge in [-0.2, -0.15) is 4.31 Å². The molecule has 1 aliphatic rings. The second kappa shape index (κ2) is 29.8. The van der Waals surface area contributed by atoms with E-state index in [9.17, 15) is 62.7 Å². The number of nitrogen functional groups attached to an aromatic ring is 1. The number of nitrogens with two attached hydrogens (primary N) is 1. The summed E-state index contributed by atoms with van der Waals surface area (Å²) in [6.07, 6.45) is 15.0. The monoisotopic (exact) mass is 1070 g/mol. The van der Waals surface area contributed by atoms with Gasteiger partial charge in [-0.1, -0.05) is 81.8 Å². The van der Waals surface area contributed by atoms with Gasteiger partial charge in [-0.05, 0) is 44.9 Å². The van der Waals surface area contributed by atoms with E-state index in [2.05, 4.69) is 77.8 Å². The Morgan fingerprint density at radius 3 is 2.20 bits per heavy atom. The topological polar surface area (TPSA) is 381 Å². The second-order valence-electron chi connectivity index (χ2n) is 16.6. The summed E-state index contributed by atoms with van der Waals surface area (Å²) in [6.45, 7) is 2.50. The molecule has 3 rings (SSSR count). The second-order valence-corrected chi connectivity index (χ2v) is 22.0. The SMILES string of the molecule is CCCCC/C=C\C/C=C\C/C=C\CCCCC(=O)CC(=O)SCCNC(=O)CCNC(=O)[C@H](O)C(C)(C)COP(=O)(O)OP(=O)(O)OC[C@H]1O[C@@H](n2cnc3c(N)ncnc32)[C@H](O)[C@@H]1OP(=O)(O)O. The van der Waals surface area contributed by atoms with Crippen LogP contribution in [0, 0.1) is 5.41 Å². The summed E-state index contributed by atoms with van der Waals surface area (Å²) in [6, 6.07) is 0. The number of rotatable bonds is 34. The van der Waals surface area contributed by atoms with E-state index < -0.39 is 84.6 Å². The molecule has 1 fully saturated rings. The van der Waals surface area contributed by atoms with Gasteiger partial charge in [-0.15, -0.1) is 0 Å². The van der Waals surface area contributed by atoms with Crippen LogP contribution in [0.3, 0.4) is 0 Å². The number of fused-ring (bicyclic) bond motifs is 1. The molecule has 2 aromatic rings. The van der Waals surface area contributed by atoms with E-state index in [1.54, 1.807) is 0 Å². The van der Waals surface area contributed by atoms with Crippen LogP contribution in [0.4, 0.5) is 5.82 Å². The third-order valence-electron chi connectivity index (χ3n) is 10.2. The number of thioether (sulfide) groups is 1. The van der Waals surface area contributed by atoms with Crippen molar-refractivity contribution >= 4 is 74.9 Å². The van der Waals surface area contributed by atoms with Gasteiger partial charge in [-0.25, -0.2) is 28.6 Å². The van der Waals surface area contributed by atoms with E-state index in [1.165, 1.54) is 33.1 Å². The van der Waals surface area contributed by atoms with Gasteiger partial charge in [0.05, 0.1) is 26.0 Å². The van der Waals surface area contributed by atoms with Crippen molar-refractivity contribution in [1.82, 2.24) is 30.2 Å². The maximum atomic E-state index is 12.7. The Bertz CT molecular complexity index is 2260. The number of hydrogen-bond acceptors (Lipinski definition) is 19. The fraction of sp³-hybridized carbons (Fsp3) is 0.634. The van der Waals surface area contributed by atoms with Crippen molar-refractivity contribution in [3.05, 3.63) is 49.1 Å². The molecule has 1 aliphatic heterocycles. The molecular weight excluding hydrogens is 1000 g/mol. The van der Waals surface area contributed by atoms with Crippen molar-refractivity contribution < 1.29 is 85.3 Å². The zero-order valence-electron chi connectivity index (χ0n) is 39.2. The van der Waals surface area contributed by atoms with Crippen LogP contribution in [0.2, 0.25) is 0 Å². The Hall–Kier alpha value is -3.55. The van der Waals surface area contributed by atoms with Crippen LogP contribution in [-0.2, 0) is 55.5 Å². The lowest BCUT2D eigenvalue weighted by atomic mass is 9.87. The highest BCUT2D eigenvalue weighted by atomic mass is 32.2. The number of ether oxygens (including phenoxy) is 1. The number of aliphatic hydroxyl groups is 2. The highest BCUT2D eigenvalue weighted by Gasteiger charge is 2.50. The van der Waals surface area contributed by atoms with Crippen LogP contribution in [0.1, 0.15) is 104 Å². The van der Waals surface area contributed by atoms with Crippen molar-refractivity contribution in [1.29, 1.82) is 0 Å². The first-order valence-corrected chi connectivity index (χ1v) is 28.0. The predicted octanol–water partition coefficient (Wildman–Crippen LogP) is 4.21. The first-order valence-electron chi connectivity index (χ1n) is 22.5. The number of nitrogens with zero attached hydrogens (tertiary/aromatic N) is 4. The highest BCUT2D eigenvalue weighted by molar-refractivity contribution is 8.13. The molecule has 29 heteroatoms. The number of Topliss-reactive ketones (excluding diaryl/α,β-unsaturated/α-hetero) is 1. The first-order chi connectivity index (χ1) is 32.9. The van der Waals surface area contributed by atoms with Gasteiger partial charge in [0.2, 0.25) is 11.8 Å². The van der Waals surface area contributed by atoms with Gasteiger partial charge in [0.1, 0.15) is 42.0 Å². The van der Waals surface area contributed by atoms with Gasteiger partial charge in [-0.3, -0.25) is 37.3 Å². The number of phosphoric ester groups is 3. The fourth-order valence-electron chi connectivity index (χ4n) is 6.47. The van der Waals surface area contributed by atoms with Crippen LogP contribution >= 0.6 is 35.2 Å². The average molecular weight is 1070 g/mol. The molecule has 2 amide bonds. The van der Waals surface area contributed by atoms with E-state index in [-0.39, 0.29) is 59.6 Å². The van der Waals surface area contributed by atoms with Gasteiger partial charge in [0.15, 0.2) is 22.8 Å². The molecule has 0 radical (unpaired) electrons. The third-order valence-corrected chi connectivity index (χ3v) is 14.2. The zero-order chi connectivity index (χ0) is 52.0. The van der Waals surface area contributed by atoms with Crippen molar-refractivity contribution in [2.24, 2.45) is 5.41 Å². The van der Waals surface area contributed by atoms with Crippen molar-refractivity contribution in [3.8, 4) is 0 Å². The molecule has 394 valence electrons. The van der Waals surface area contributed by atoms with Crippen LogP contribution in [0.5, 0.6) is 0 Å². The summed E-state index contributed by atoms with van der Waals surface area (Å²) in [5.74, 6) is -1.47. The zero-order valence-corrected chi connectivity index (χ0v) is 42.7. The highest BCUT2D eigenvalue weighted by Crippen LogP contribution is 2.61. The molecule has 70 heavy (non-hydrogen) atoms. The number of phosphoric acid groups is 3. The van der Waals surface area contributed by atoms with Gasteiger partial charge in [0, 0.05) is 37.1 Å². The lowest BCUT2D eigenvalue weighted by Crippen LogP contribution is -2.46. The number of ketones is 1. The first kappa shape index (κ1) is 60.8. The van der Waals surface area contributed by atoms with E-state index in [0.29, 0.717) is 12.8 Å². The summed E-state index contributed by atoms with van der Waals surface area (Å²) in [7, 11) is -16.5. The molecule has 0 aromatic carbocycles. The fourth-order valence-corrected chi connectivity index (χ4v) is 9.99. The maximum absolute atomic E-state index is 12.7. The number of hydrogen-bond donors (Lipinski definition) is 9. The number of allylic oxidation sites excluding steroid dienone is 6. The van der Waals surface area contributed by atoms with Crippen LogP contribution < -0.4 is 16.4 Å². The Balaban J connectivity index is 1.31. The van der Waals surface area contributed by atoms with Gasteiger partial charge in [0.25, 0.3) is 0 Å². The number of aromatic nitrogens is 4. The molecule has 3 heterocycles. The number of amides is 2. The molecule has 0 saturated carbocycles. The number of anilines is 1. The summed E-state index contributed by atoms with van der Waals surface area (Å²) >= 11 is 0.920.